The first-order chi connectivity index (χ1) is 10.1. The Labute approximate surface area is 131 Å². The highest BCUT2D eigenvalue weighted by molar-refractivity contribution is 9.09. The molecule has 1 aliphatic rings. The van der Waals surface area contributed by atoms with Gasteiger partial charge in [-0.25, -0.2) is 8.78 Å². The van der Waals surface area contributed by atoms with Crippen LogP contribution in [0, 0.1) is 11.6 Å². The maximum atomic E-state index is 13.7. The van der Waals surface area contributed by atoms with Gasteiger partial charge in [0.1, 0.15) is 17.4 Å². The number of halogens is 3. The maximum Gasteiger partial charge on any atom is 0.129 e. The first-order valence-corrected chi connectivity index (χ1v) is 7.89. The molecule has 3 rings (SSSR count). The van der Waals surface area contributed by atoms with E-state index in [-0.39, 0.29) is 16.8 Å². The Bertz CT molecular complexity index is 637. The van der Waals surface area contributed by atoms with E-state index in [2.05, 4.69) is 22.0 Å². The number of benzene rings is 2. The lowest BCUT2D eigenvalue weighted by Crippen LogP contribution is -2.09. The number of alkyl halides is 1. The average Bonchev–Trinajstić information content (AvgIpc) is 2.50. The molecule has 4 heteroatoms. The van der Waals surface area contributed by atoms with Crippen molar-refractivity contribution in [3.05, 3.63) is 64.7 Å². The van der Waals surface area contributed by atoms with Gasteiger partial charge >= 0.3 is 0 Å². The van der Waals surface area contributed by atoms with Gasteiger partial charge in [0, 0.05) is 10.4 Å². The van der Waals surface area contributed by atoms with Crippen LogP contribution in [0.3, 0.4) is 0 Å². The molecule has 0 bridgehead atoms. The molecule has 0 saturated heterocycles. The fourth-order valence-corrected chi connectivity index (χ4v) is 3.21. The van der Waals surface area contributed by atoms with Gasteiger partial charge in [0.2, 0.25) is 0 Å². The molecule has 1 atom stereocenters. The summed E-state index contributed by atoms with van der Waals surface area (Å²) in [7, 11) is 0. The molecule has 0 radical (unpaired) electrons. The first kappa shape index (κ1) is 14.5. The molecule has 110 valence electrons. The van der Waals surface area contributed by atoms with Crippen molar-refractivity contribution in [2.24, 2.45) is 0 Å². The quantitative estimate of drug-likeness (QED) is 0.708. The van der Waals surface area contributed by atoms with Gasteiger partial charge in [-0.1, -0.05) is 34.1 Å². The Kier molecular flexibility index (Phi) is 4.24. The number of aryl methyl sites for hydroxylation is 1. The van der Waals surface area contributed by atoms with Crippen molar-refractivity contribution in [3.63, 3.8) is 0 Å². The highest BCUT2D eigenvalue weighted by atomic mass is 79.9. The summed E-state index contributed by atoms with van der Waals surface area (Å²) in [5.41, 5.74) is 2.30. The highest BCUT2D eigenvalue weighted by Crippen LogP contribution is 2.33. The molecule has 1 aliphatic heterocycles. The number of hydrogen-bond acceptors (Lipinski definition) is 1. The van der Waals surface area contributed by atoms with E-state index in [1.54, 1.807) is 0 Å². The molecule has 0 amide bonds. The van der Waals surface area contributed by atoms with E-state index in [1.165, 1.54) is 18.2 Å². The van der Waals surface area contributed by atoms with E-state index >= 15 is 0 Å². The van der Waals surface area contributed by atoms with Crippen molar-refractivity contribution in [1.82, 2.24) is 0 Å². The summed E-state index contributed by atoms with van der Waals surface area (Å²) in [6.45, 7) is 0.754. The van der Waals surface area contributed by atoms with Crippen LogP contribution in [0.5, 0.6) is 5.75 Å². The Balaban J connectivity index is 1.84. The monoisotopic (exact) mass is 352 g/mol. The van der Waals surface area contributed by atoms with Crippen LogP contribution in [0.1, 0.15) is 27.9 Å². The largest absolute Gasteiger partial charge is 0.493 e. The summed E-state index contributed by atoms with van der Waals surface area (Å²) in [5.74, 6) is -0.0803. The summed E-state index contributed by atoms with van der Waals surface area (Å²) >= 11 is 3.54. The molecular weight excluding hydrogens is 338 g/mol. The third kappa shape index (κ3) is 3.10. The standard InChI is InChI=1S/C17H15BrF2O/c18-14(10-13-15(19)4-1-5-16(13)20)11-6-7-17-12(9-11)3-2-8-21-17/h1,4-7,9,14H,2-3,8,10H2. The fourth-order valence-electron chi connectivity index (χ4n) is 2.60. The van der Waals surface area contributed by atoms with Gasteiger partial charge in [-0.3, -0.25) is 0 Å². The maximum absolute atomic E-state index is 13.7. The summed E-state index contributed by atoms with van der Waals surface area (Å²) < 4.78 is 33.0. The number of hydrogen-bond donors (Lipinski definition) is 0. The highest BCUT2D eigenvalue weighted by Gasteiger charge is 2.17. The van der Waals surface area contributed by atoms with E-state index in [1.807, 2.05) is 12.1 Å². The minimum absolute atomic E-state index is 0.119. The molecule has 1 nitrogen and oxygen atoms in total. The summed E-state index contributed by atoms with van der Waals surface area (Å²) in [6.07, 6.45) is 2.26. The van der Waals surface area contributed by atoms with E-state index in [4.69, 9.17) is 4.74 Å². The van der Waals surface area contributed by atoms with Gasteiger partial charge < -0.3 is 4.74 Å². The normalized spacial score (nSPS) is 15.2. The predicted molar refractivity (Wildman–Crippen MR) is 82.0 cm³/mol. The topological polar surface area (TPSA) is 9.23 Å². The summed E-state index contributed by atoms with van der Waals surface area (Å²) in [4.78, 5) is -0.129. The van der Waals surface area contributed by atoms with Gasteiger partial charge in [-0.05, 0) is 48.6 Å². The number of fused-ring (bicyclic) bond motifs is 1. The molecule has 0 aromatic heterocycles. The molecule has 0 spiro atoms. The zero-order valence-corrected chi connectivity index (χ0v) is 13.0. The van der Waals surface area contributed by atoms with Crippen LogP contribution in [0.2, 0.25) is 0 Å². The van der Waals surface area contributed by atoms with Gasteiger partial charge in [-0.15, -0.1) is 0 Å². The zero-order chi connectivity index (χ0) is 14.8. The number of rotatable bonds is 3. The van der Waals surface area contributed by atoms with Gasteiger partial charge in [-0.2, -0.15) is 0 Å². The van der Waals surface area contributed by atoms with Crippen LogP contribution in [0.25, 0.3) is 0 Å². The van der Waals surface area contributed by atoms with Crippen molar-refractivity contribution in [2.75, 3.05) is 6.61 Å². The Hall–Kier alpha value is -1.42. The van der Waals surface area contributed by atoms with Crippen LogP contribution in [-0.4, -0.2) is 6.61 Å². The van der Waals surface area contributed by atoms with Crippen molar-refractivity contribution in [2.45, 2.75) is 24.1 Å². The third-order valence-corrected chi connectivity index (χ3v) is 4.59. The lowest BCUT2D eigenvalue weighted by molar-refractivity contribution is 0.288. The Morgan fingerprint density at radius 3 is 2.67 bits per heavy atom. The number of ether oxygens (including phenoxy) is 1. The second-order valence-corrected chi connectivity index (χ2v) is 6.30. The molecule has 21 heavy (non-hydrogen) atoms. The van der Waals surface area contributed by atoms with E-state index in [0.717, 1.165) is 36.3 Å². The second kappa shape index (κ2) is 6.14. The second-order valence-electron chi connectivity index (χ2n) is 5.19. The molecule has 0 aliphatic carbocycles. The van der Waals surface area contributed by atoms with Crippen LogP contribution >= 0.6 is 15.9 Å². The molecule has 0 fully saturated rings. The van der Waals surface area contributed by atoms with Crippen molar-refractivity contribution >= 4 is 15.9 Å². The molecule has 0 saturated carbocycles. The summed E-state index contributed by atoms with van der Waals surface area (Å²) in [6, 6.07) is 9.91. The van der Waals surface area contributed by atoms with Crippen molar-refractivity contribution < 1.29 is 13.5 Å². The molecule has 2 aromatic rings. The van der Waals surface area contributed by atoms with Gasteiger partial charge in [0.15, 0.2) is 0 Å². The fraction of sp³-hybridized carbons (Fsp3) is 0.294. The average molecular weight is 353 g/mol. The molecule has 1 heterocycles. The van der Waals surface area contributed by atoms with Gasteiger partial charge in [0.25, 0.3) is 0 Å². The minimum Gasteiger partial charge on any atom is -0.493 e. The molecule has 2 aromatic carbocycles. The van der Waals surface area contributed by atoms with Gasteiger partial charge in [0.05, 0.1) is 6.61 Å². The first-order valence-electron chi connectivity index (χ1n) is 6.98. The SMILES string of the molecule is Fc1cccc(F)c1CC(Br)c1ccc2c(c1)CCCO2. The smallest absolute Gasteiger partial charge is 0.129 e. The van der Waals surface area contributed by atoms with E-state index in [0.29, 0.717) is 0 Å². The zero-order valence-electron chi connectivity index (χ0n) is 11.4. The Morgan fingerprint density at radius 1 is 1.14 bits per heavy atom. The van der Waals surface area contributed by atoms with E-state index < -0.39 is 11.6 Å². The Morgan fingerprint density at radius 2 is 1.90 bits per heavy atom. The van der Waals surface area contributed by atoms with E-state index in [9.17, 15) is 8.78 Å². The van der Waals surface area contributed by atoms with Crippen LogP contribution in [0.4, 0.5) is 8.78 Å². The molecule has 1 unspecified atom stereocenters. The minimum atomic E-state index is -0.499. The molecular formula is C17H15BrF2O. The predicted octanol–water partition coefficient (Wildman–Crippen LogP) is 4.97. The summed E-state index contributed by atoms with van der Waals surface area (Å²) in [5, 5.41) is 0. The van der Waals surface area contributed by atoms with Crippen LogP contribution < -0.4 is 4.74 Å². The third-order valence-electron chi connectivity index (χ3n) is 3.74. The lowest BCUT2D eigenvalue weighted by Gasteiger charge is -2.19. The molecule has 0 N–H and O–H groups in total. The lowest BCUT2D eigenvalue weighted by atomic mass is 9.98. The van der Waals surface area contributed by atoms with Crippen molar-refractivity contribution in [1.29, 1.82) is 0 Å². The van der Waals surface area contributed by atoms with Crippen LogP contribution in [0.15, 0.2) is 36.4 Å². The van der Waals surface area contributed by atoms with Crippen LogP contribution in [-0.2, 0) is 12.8 Å². The van der Waals surface area contributed by atoms with Crippen molar-refractivity contribution in [3.8, 4) is 5.75 Å².